The molecule has 2 unspecified atom stereocenters. The van der Waals surface area contributed by atoms with Crippen molar-refractivity contribution < 1.29 is 9.53 Å². The van der Waals surface area contributed by atoms with Gasteiger partial charge in [0.15, 0.2) is 0 Å². The maximum Gasteiger partial charge on any atom is 0.307 e. The van der Waals surface area contributed by atoms with Crippen molar-refractivity contribution in [3.63, 3.8) is 0 Å². The van der Waals surface area contributed by atoms with E-state index in [1.54, 1.807) is 0 Å². The van der Waals surface area contributed by atoms with E-state index in [1.165, 1.54) is 38.5 Å². The zero-order valence-electron chi connectivity index (χ0n) is 10.9. The Balaban J connectivity index is 1.52. The van der Waals surface area contributed by atoms with E-state index in [0.717, 1.165) is 12.5 Å². The molecule has 2 atom stereocenters. The van der Waals surface area contributed by atoms with E-state index in [1.807, 2.05) is 0 Å². The van der Waals surface area contributed by atoms with Gasteiger partial charge in [0, 0.05) is 12.6 Å². The van der Waals surface area contributed by atoms with Crippen LogP contribution in [0, 0.1) is 11.8 Å². The molecule has 2 fully saturated rings. The molecule has 2 aliphatic rings. The van der Waals surface area contributed by atoms with E-state index in [2.05, 4.69) is 12.2 Å². The highest BCUT2D eigenvalue weighted by Crippen LogP contribution is 2.28. The van der Waals surface area contributed by atoms with Crippen LogP contribution >= 0.6 is 0 Å². The first-order chi connectivity index (χ1) is 8.24. The summed E-state index contributed by atoms with van der Waals surface area (Å²) in [5, 5.41) is 3.33. The third-order valence-electron chi connectivity index (χ3n) is 3.86. The lowest BCUT2D eigenvalue weighted by atomic mass is 9.83. The molecule has 3 heteroatoms. The van der Waals surface area contributed by atoms with E-state index < -0.39 is 0 Å². The van der Waals surface area contributed by atoms with Gasteiger partial charge in [-0.25, -0.2) is 0 Å². The zero-order valence-corrected chi connectivity index (χ0v) is 10.9. The largest absolute Gasteiger partial charge is 0.465 e. The summed E-state index contributed by atoms with van der Waals surface area (Å²) in [7, 11) is 0. The molecule has 0 radical (unpaired) electrons. The number of hydrogen-bond acceptors (Lipinski definition) is 3. The fraction of sp³-hybridized carbons (Fsp3) is 0.929. The van der Waals surface area contributed by atoms with Crippen molar-refractivity contribution in [2.24, 2.45) is 11.8 Å². The summed E-state index contributed by atoms with van der Waals surface area (Å²) in [6.07, 6.45) is 8.18. The van der Waals surface area contributed by atoms with Gasteiger partial charge in [0.2, 0.25) is 0 Å². The first kappa shape index (κ1) is 12.9. The summed E-state index contributed by atoms with van der Waals surface area (Å²) < 4.78 is 5.35. The Morgan fingerprint density at radius 1 is 1.29 bits per heavy atom. The van der Waals surface area contributed by atoms with Gasteiger partial charge in [-0.2, -0.15) is 0 Å². The standard InChI is InChI=1S/C14H25NO2/c1-11-3-2-4-12(9-11)10-17-14(16)7-8-15-13-5-6-13/h11-13,15H,2-10H2,1H3. The second-order valence-electron chi connectivity index (χ2n) is 5.80. The van der Waals surface area contributed by atoms with Crippen LogP contribution < -0.4 is 5.32 Å². The fourth-order valence-electron chi connectivity index (χ4n) is 2.66. The molecule has 1 N–H and O–H groups in total. The maximum absolute atomic E-state index is 11.5. The summed E-state index contributed by atoms with van der Waals surface area (Å²) in [6, 6.07) is 0.682. The van der Waals surface area contributed by atoms with Gasteiger partial charge < -0.3 is 10.1 Å². The molecule has 0 saturated heterocycles. The van der Waals surface area contributed by atoms with Crippen LogP contribution in [0.25, 0.3) is 0 Å². The molecule has 17 heavy (non-hydrogen) atoms. The number of carbonyl (C=O) groups is 1. The van der Waals surface area contributed by atoms with Crippen molar-refractivity contribution >= 4 is 5.97 Å². The summed E-state index contributed by atoms with van der Waals surface area (Å²) >= 11 is 0. The van der Waals surface area contributed by atoms with Gasteiger partial charge in [-0.15, -0.1) is 0 Å². The van der Waals surface area contributed by atoms with Crippen LogP contribution in [-0.2, 0) is 9.53 Å². The summed E-state index contributed by atoms with van der Waals surface area (Å²) in [4.78, 5) is 11.5. The van der Waals surface area contributed by atoms with Crippen molar-refractivity contribution in [3.05, 3.63) is 0 Å². The van der Waals surface area contributed by atoms with E-state index in [-0.39, 0.29) is 5.97 Å². The molecule has 0 aromatic rings. The highest BCUT2D eigenvalue weighted by Gasteiger charge is 2.21. The Kier molecular flexibility index (Phi) is 4.84. The maximum atomic E-state index is 11.5. The van der Waals surface area contributed by atoms with Gasteiger partial charge in [0.05, 0.1) is 13.0 Å². The predicted octanol–water partition coefficient (Wildman–Crippen LogP) is 2.50. The van der Waals surface area contributed by atoms with Gasteiger partial charge in [-0.1, -0.05) is 19.8 Å². The highest BCUT2D eigenvalue weighted by molar-refractivity contribution is 5.69. The fourth-order valence-corrected chi connectivity index (χ4v) is 2.66. The molecular formula is C14H25NO2. The molecule has 3 nitrogen and oxygen atoms in total. The van der Waals surface area contributed by atoms with Crippen molar-refractivity contribution in [3.8, 4) is 0 Å². The molecule has 0 bridgehead atoms. The Morgan fingerprint density at radius 2 is 2.12 bits per heavy atom. The Labute approximate surface area is 104 Å². The van der Waals surface area contributed by atoms with Crippen LogP contribution in [0.3, 0.4) is 0 Å². The highest BCUT2D eigenvalue weighted by atomic mass is 16.5. The van der Waals surface area contributed by atoms with E-state index in [0.29, 0.717) is 25.0 Å². The predicted molar refractivity (Wildman–Crippen MR) is 67.7 cm³/mol. The number of hydrogen-bond donors (Lipinski definition) is 1. The van der Waals surface area contributed by atoms with E-state index in [4.69, 9.17) is 4.74 Å². The lowest BCUT2D eigenvalue weighted by Gasteiger charge is -2.26. The van der Waals surface area contributed by atoms with Crippen LogP contribution in [0.1, 0.15) is 51.9 Å². The topological polar surface area (TPSA) is 38.3 Å². The lowest BCUT2D eigenvalue weighted by molar-refractivity contribution is -0.145. The minimum Gasteiger partial charge on any atom is -0.465 e. The molecule has 0 aromatic carbocycles. The summed E-state index contributed by atoms with van der Waals surface area (Å²) in [5.74, 6) is 1.39. The van der Waals surface area contributed by atoms with Crippen LogP contribution in [-0.4, -0.2) is 25.2 Å². The lowest BCUT2D eigenvalue weighted by Crippen LogP contribution is -2.24. The molecule has 2 rings (SSSR count). The van der Waals surface area contributed by atoms with Crippen molar-refractivity contribution in [2.75, 3.05) is 13.2 Å². The quantitative estimate of drug-likeness (QED) is 0.724. The van der Waals surface area contributed by atoms with Crippen molar-refractivity contribution in [1.82, 2.24) is 5.32 Å². The number of carbonyl (C=O) groups excluding carboxylic acids is 1. The first-order valence-corrected chi connectivity index (χ1v) is 7.13. The number of rotatable bonds is 6. The monoisotopic (exact) mass is 239 g/mol. The van der Waals surface area contributed by atoms with Crippen LogP contribution in [0.15, 0.2) is 0 Å². The zero-order chi connectivity index (χ0) is 12.1. The van der Waals surface area contributed by atoms with Gasteiger partial charge in [0.1, 0.15) is 0 Å². The van der Waals surface area contributed by atoms with E-state index in [9.17, 15) is 4.79 Å². The summed E-state index contributed by atoms with van der Waals surface area (Å²) in [5.41, 5.74) is 0. The molecule has 0 spiro atoms. The molecule has 0 amide bonds. The molecule has 0 aliphatic heterocycles. The third kappa shape index (κ3) is 5.07. The Hall–Kier alpha value is -0.570. The molecular weight excluding hydrogens is 214 g/mol. The van der Waals surface area contributed by atoms with Crippen molar-refractivity contribution in [1.29, 1.82) is 0 Å². The Bertz CT molecular complexity index is 251. The number of ether oxygens (including phenoxy) is 1. The molecule has 2 aliphatic carbocycles. The SMILES string of the molecule is CC1CCCC(COC(=O)CCNC2CC2)C1. The van der Waals surface area contributed by atoms with Crippen LogP contribution in [0.2, 0.25) is 0 Å². The average molecular weight is 239 g/mol. The first-order valence-electron chi connectivity index (χ1n) is 7.13. The normalized spacial score (nSPS) is 29.0. The van der Waals surface area contributed by atoms with Gasteiger partial charge in [-0.05, 0) is 37.5 Å². The molecule has 2 saturated carbocycles. The molecule has 0 heterocycles. The minimum atomic E-state index is -0.0311. The second kappa shape index (κ2) is 6.39. The smallest absolute Gasteiger partial charge is 0.307 e. The Morgan fingerprint density at radius 3 is 2.82 bits per heavy atom. The second-order valence-corrected chi connectivity index (χ2v) is 5.80. The minimum absolute atomic E-state index is 0.0311. The molecule has 0 aromatic heterocycles. The number of nitrogens with one attached hydrogen (secondary N) is 1. The average Bonchev–Trinajstić information content (AvgIpc) is 3.11. The summed E-state index contributed by atoms with van der Waals surface area (Å²) in [6.45, 7) is 3.73. The number of esters is 1. The van der Waals surface area contributed by atoms with Crippen LogP contribution in [0.5, 0.6) is 0 Å². The van der Waals surface area contributed by atoms with Crippen molar-refractivity contribution in [2.45, 2.75) is 57.9 Å². The van der Waals surface area contributed by atoms with Gasteiger partial charge >= 0.3 is 5.97 Å². The van der Waals surface area contributed by atoms with Crippen LogP contribution in [0.4, 0.5) is 0 Å². The van der Waals surface area contributed by atoms with E-state index >= 15 is 0 Å². The van der Waals surface area contributed by atoms with Gasteiger partial charge in [-0.3, -0.25) is 4.79 Å². The molecule has 98 valence electrons. The van der Waals surface area contributed by atoms with Gasteiger partial charge in [0.25, 0.3) is 0 Å². The third-order valence-corrected chi connectivity index (χ3v) is 3.86.